The van der Waals surface area contributed by atoms with E-state index in [4.69, 9.17) is 4.74 Å². The van der Waals surface area contributed by atoms with E-state index >= 15 is 0 Å². The summed E-state index contributed by atoms with van der Waals surface area (Å²) in [6, 6.07) is 4.74. The molecule has 1 aliphatic heterocycles. The van der Waals surface area contributed by atoms with E-state index in [1.54, 1.807) is 17.0 Å². The van der Waals surface area contributed by atoms with Crippen molar-refractivity contribution < 1.29 is 19.7 Å². The number of phenolic OH excluding ortho intramolecular Hbond substituents is 1. The van der Waals surface area contributed by atoms with E-state index in [2.05, 4.69) is 15.5 Å². The van der Waals surface area contributed by atoms with Gasteiger partial charge in [-0.15, -0.1) is 5.10 Å². The molecule has 1 aromatic heterocycles. The van der Waals surface area contributed by atoms with Crippen molar-refractivity contribution in [2.24, 2.45) is 5.41 Å². The molecule has 4 rings (SSSR count). The van der Waals surface area contributed by atoms with Crippen LogP contribution in [0.25, 0.3) is 5.69 Å². The number of carbonyl (C=O) groups excluding carboxylic acids is 1. The van der Waals surface area contributed by atoms with Crippen LogP contribution < -0.4 is 0 Å². The number of likely N-dealkylation sites (tertiary alicyclic amines) is 1. The van der Waals surface area contributed by atoms with Crippen LogP contribution >= 0.6 is 0 Å². The highest BCUT2D eigenvalue weighted by Gasteiger charge is 2.56. The van der Waals surface area contributed by atoms with Crippen molar-refractivity contribution in [1.29, 1.82) is 0 Å². The van der Waals surface area contributed by atoms with E-state index in [0.29, 0.717) is 44.6 Å². The monoisotopic (exact) mass is 373 g/mol. The summed E-state index contributed by atoms with van der Waals surface area (Å²) in [5.74, 6) is -0.323. The Hall–Kier alpha value is -2.52. The second-order valence-corrected chi connectivity index (χ2v) is 7.18. The number of benzene rings is 1. The minimum absolute atomic E-state index is 0.0683. The van der Waals surface area contributed by atoms with Gasteiger partial charge in [0.25, 0.3) is 5.91 Å². The molecule has 1 saturated carbocycles. The maximum Gasteiger partial charge on any atom is 0.257 e. The number of ether oxygens (including phenoxy) is 1. The largest absolute Gasteiger partial charge is 0.507 e. The van der Waals surface area contributed by atoms with Crippen molar-refractivity contribution in [2.45, 2.75) is 38.4 Å². The summed E-state index contributed by atoms with van der Waals surface area (Å²) < 4.78 is 7.17. The first-order chi connectivity index (χ1) is 13.0. The zero-order chi connectivity index (χ0) is 19.0. The quantitative estimate of drug-likeness (QED) is 0.813. The van der Waals surface area contributed by atoms with Crippen LogP contribution in [0.1, 0.15) is 36.5 Å². The Bertz CT molecular complexity index is 815. The fourth-order valence-electron chi connectivity index (χ4n) is 4.24. The molecule has 2 fully saturated rings. The van der Waals surface area contributed by atoms with E-state index in [-0.39, 0.29) is 34.8 Å². The Morgan fingerprint density at radius 3 is 2.74 bits per heavy atom. The van der Waals surface area contributed by atoms with Gasteiger partial charge in [0.1, 0.15) is 12.1 Å². The molecule has 2 atom stereocenters. The molecule has 1 aromatic carbocycles. The average Bonchev–Trinajstić information content (AvgIpc) is 3.22. The standard InChI is InChI=1S/C18H23N5O4/c1-2-27-16-10-15(25)18(16)5-7-22(8-6-18)17(26)13-4-3-12(9-14(13)24)23-11-19-20-21-23/h3-4,9,11,15-16,24-25H,2,5-8,10H2,1H3/t15-,16+/m1/s1. The van der Waals surface area contributed by atoms with Gasteiger partial charge in [0.2, 0.25) is 0 Å². The number of aliphatic hydroxyl groups is 1. The predicted octanol–water partition coefficient (Wildman–Crippen LogP) is 0.760. The number of phenols is 1. The Kier molecular flexibility index (Phi) is 4.56. The fourth-order valence-corrected chi connectivity index (χ4v) is 4.24. The van der Waals surface area contributed by atoms with Crippen LogP contribution in [0.15, 0.2) is 24.5 Å². The molecule has 0 unspecified atom stereocenters. The summed E-state index contributed by atoms with van der Waals surface area (Å²) in [4.78, 5) is 14.6. The number of aromatic nitrogens is 4. The highest BCUT2D eigenvalue weighted by atomic mass is 16.5. The first-order valence-corrected chi connectivity index (χ1v) is 9.20. The number of amides is 1. The van der Waals surface area contributed by atoms with Crippen molar-refractivity contribution in [3.05, 3.63) is 30.1 Å². The second kappa shape index (κ2) is 6.90. The first-order valence-electron chi connectivity index (χ1n) is 9.20. The lowest BCUT2D eigenvalue weighted by Gasteiger charge is -2.56. The molecule has 0 radical (unpaired) electrons. The van der Waals surface area contributed by atoms with Crippen LogP contribution in [0.2, 0.25) is 0 Å². The number of rotatable bonds is 4. The van der Waals surface area contributed by atoms with Crippen LogP contribution in [0.3, 0.4) is 0 Å². The third-order valence-electron chi connectivity index (χ3n) is 5.92. The summed E-state index contributed by atoms with van der Waals surface area (Å²) >= 11 is 0. The van der Waals surface area contributed by atoms with Crippen molar-refractivity contribution in [2.75, 3.05) is 19.7 Å². The van der Waals surface area contributed by atoms with Gasteiger partial charge in [0.15, 0.2) is 0 Å². The van der Waals surface area contributed by atoms with E-state index < -0.39 is 0 Å². The van der Waals surface area contributed by atoms with Crippen molar-refractivity contribution >= 4 is 5.91 Å². The van der Waals surface area contributed by atoms with E-state index in [1.165, 1.54) is 17.1 Å². The third-order valence-corrected chi connectivity index (χ3v) is 5.92. The number of carbonyl (C=O) groups is 1. The van der Waals surface area contributed by atoms with Gasteiger partial charge >= 0.3 is 0 Å². The van der Waals surface area contributed by atoms with Gasteiger partial charge in [-0.25, -0.2) is 4.68 Å². The van der Waals surface area contributed by atoms with Crippen LogP contribution in [0.4, 0.5) is 0 Å². The molecule has 2 N–H and O–H groups in total. The Balaban J connectivity index is 1.45. The summed E-state index contributed by atoms with van der Waals surface area (Å²) in [7, 11) is 0. The highest BCUT2D eigenvalue weighted by molar-refractivity contribution is 5.97. The molecule has 1 amide bonds. The molecular weight excluding hydrogens is 350 g/mol. The molecule has 144 valence electrons. The van der Waals surface area contributed by atoms with Gasteiger partial charge in [-0.1, -0.05) is 0 Å². The topological polar surface area (TPSA) is 114 Å². The fraction of sp³-hybridized carbons (Fsp3) is 0.556. The lowest BCUT2D eigenvalue weighted by Crippen LogP contribution is -2.62. The number of piperidine rings is 1. The van der Waals surface area contributed by atoms with Crippen molar-refractivity contribution in [1.82, 2.24) is 25.1 Å². The van der Waals surface area contributed by atoms with Gasteiger partial charge < -0.3 is 19.8 Å². The van der Waals surface area contributed by atoms with E-state index in [0.717, 1.165) is 0 Å². The average molecular weight is 373 g/mol. The molecule has 2 heterocycles. The SMILES string of the molecule is CCO[C@H]1C[C@@H](O)C12CCN(C(=O)c1ccc(-n3cnnn3)cc1O)CC2. The van der Waals surface area contributed by atoms with Crippen molar-refractivity contribution in [3.8, 4) is 11.4 Å². The smallest absolute Gasteiger partial charge is 0.257 e. The zero-order valence-electron chi connectivity index (χ0n) is 15.2. The number of nitrogens with zero attached hydrogens (tertiary/aromatic N) is 5. The predicted molar refractivity (Wildman–Crippen MR) is 94.4 cm³/mol. The Morgan fingerprint density at radius 2 is 2.15 bits per heavy atom. The van der Waals surface area contributed by atoms with Crippen LogP contribution in [-0.2, 0) is 4.74 Å². The zero-order valence-corrected chi connectivity index (χ0v) is 15.2. The molecule has 2 aromatic rings. The number of aliphatic hydroxyl groups excluding tert-OH is 1. The second-order valence-electron chi connectivity index (χ2n) is 7.18. The molecule has 27 heavy (non-hydrogen) atoms. The van der Waals surface area contributed by atoms with E-state index in [9.17, 15) is 15.0 Å². The van der Waals surface area contributed by atoms with Gasteiger partial charge in [-0.05, 0) is 42.3 Å². The molecule has 9 nitrogen and oxygen atoms in total. The van der Waals surface area contributed by atoms with Gasteiger partial charge in [0.05, 0.1) is 23.5 Å². The summed E-state index contributed by atoms with van der Waals surface area (Å²) in [6.45, 7) is 3.66. The first kappa shape index (κ1) is 17.9. The van der Waals surface area contributed by atoms with Crippen LogP contribution in [-0.4, -0.2) is 73.1 Å². The number of tetrazole rings is 1. The number of aromatic hydroxyl groups is 1. The van der Waals surface area contributed by atoms with Gasteiger partial charge in [-0.2, -0.15) is 0 Å². The molecule has 2 aliphatic rings. The van der Waals surface area contributed by atoms with Gasteiger partial charge in [0, 0.05) is 37.6 Å². The molecular formula is C18H23N5O4. The Morgan fingerprint density at radius 1 is 1.37 bits per heavy atom. The summed E-state index contributed by atoms with van der Waals surface area (Å²) in [6.07, 6.45) is 3.19. The normalized spacial score (nSPS) is 24.0. The molecule has 1 saturated heterocycles. The maximum atomic E-state index is 12.8. The lowest BCUT2D eigenvalue weighted by molar-refractivity contribution is -0.207. The molecule has 1 spiro atoms. The van der Waals surface area contributed by atoms with Crippen molar-refractivity contribution in [3.63, 3.8) is 0 Å². The minimum atomic E-state index is -0.365. The van der Waals surface area contributed by atoms with Crippen LogP contribution in [0, 0.1) is 5.41 Å². The third kappa shape index (κ3) is 2.96. The molecule has 1 aliphatic carbocycles. The summed E-state index contributed by atoms with van der Waals surface area (Å²) in [5.41, 5.74) is 0.584. The minimum Gasteiger partial charge on any atom is -0.507 e. The number of hydrogen-bond acceptors (Lipinski definition) is 7. The number of hydrogen-bond donors (Lipinski definition) is 2. The maximum absolute atomic E-state index is 12.8. The van der Waals surface area contributed by atoms with Gasteiger partial charge in [-0.3, -0.25) is 4.79 Å². The highest BCUT2D eigenvalue weighted by Crippen LogP contribution is 2.51. The van der Waals surface area contributed by atoms with E-state index in [1.807, 2.05) is 6.92 Å². The van der Waals surface area contributed by atoms with Crippen LogP contribution in [0.5, 0.6) is 5.75 Å². The summed E-state index contributed by atoms with van der Waals surface area (Å²) in [5, 5.41) is 31.5. The Labute approximate surface area is 156 Å². The molecule has 9 heteroatoms. The lowest BCUT2D eigenvalue weighted by atomic mass is 9.58. The molecule has 0 bridgehead atoms.